The van der Waals surface area contributed by atoms with Crippen molar-refractivity contribution in [2.45, 2.75) is 33.2 Å². The van der Waals surface area contributed by atoms with Crippen LogP contribution in [-0.4, -0.2) is 23.0 Å². The van der Waals surface area contributed by atoms with E-state index in [1.54, 1.807) is 0 Å². The molecule has 1 aliphatic rings. The Hall–Kier alpha value is -1.61. The molecule has 0 unspecified atom stereocenters. The zero-order chi connectivity index (χ0) is 14.2. The zero-order valence-corrected chi connectivity index (χ0v) is 12.4. The Bertz CT molecular complexity index is 609. The number of nitrogens with two attached hydrogens (primary N) is 1. The first-order valence-electron chi connectivity index (χ1n) is 7.40. The maximum atomic E-state index is 6.12. The summed E-state index contributed by atoms with van der Waals surface area (Å²) in [6.07, 6.45) is 2.52. The maximum Gasteiger partial charge on any atom is 0.128 e. The van der Waals surface area contributed by atoms with Gasteiger partial charge in [0.05, 0.1) is 5.52 Å². The summed E-state index contributed by atoms with van der Waals surface area (Å²) < 4.78 is 0. The molecule has 0 saturated carbocycles. The molecule has 3 nitrogen and oxygen atoms in total. The first kappa shape index (κ1) is 13.4. The Balaban J connectivity index is 1.79. The fourth-order valence-electron chi connectivity index (χ4n) is 2.86. The molecule has 1 saturated heterocycles. The highest BCUT2D eigenvalue weighted by Gasteiger charge is 2.25. The number of rotatable bonds is 2. The number of piperidine rings is 1. The summed E-state index contributed by atoms with van der Waals surface area (Å²) in [5, 5.41) is 1.18. The molecule has 3 rings (SSSR count). The van der Waals surface area contributed by atoms with Gasteiger partial charge in [-0.1, -0.05) is 32.0 Å². The van der Waals surface area contributed by atoms with Crippen molar-refractivity contribution >= 4 is 16.7 Å². The molecule has 106 valence electrons. The van der Waals surface area contributed by atoms with Gasteiger partial charge in [-0.05, 0) is 43.5 Å². The molecule has 0 amide bonds. The number of para-hydroxylation sites is 1. The van der Waals surface area contributed by atoms with Gasteiger partial charge in [0.1, 0.15) is 5.82 Å². The monoisotopic (exact) mass is 269 g/mol. The minimum absolute atomic E-state index is 0.490. The van der Waals surface area contributed by atoms with Gasteiger partial charge >= 0.3 is 0 Å². The van der Waals surface area contributed by atoms with Crippen molar-refractivity contribution in [2.75, 3.05) is 18.8 Å². The molecular formula is C17H23N3. The van der Waals surface area contributed by atoms with Crippen LogP contribution in [0.15, 0.2) is 30.3 Å². The fraction of sp³-hybridized carbons (Fsp3) is 0.471. The van der Waals surface area contributed by atoms with Crippen molar-refractivity contribution in [2.24, 2.45) is 5.41 Å². The van der Waals surface area contributed by atoms with Gasteiger partial charge in [-0.25, -0.2) is 4.98 Å². The normalized spacial score (nSPS) is 19.3. The van der Waals surface area contributed by atoms with Crippen LogP contribution in [0.5, 0.6) is 0 Å². The smallest absolute Gasteiger partial charge is 0.128 e. The summed E-state index contributed by atoms with van der Waals surface area (Å²) in [4.78, 5) is 7.01. The number of anilines is 1. The molecule has 2 heterocycles. The number of hydrogen-bond acceptors (Lipinski definition) is 3. The number of nitrogens with zero attached hydrogens (tertiary/aromatic N) is 2. The summed E-state index contributed by atoms with van der Waals surface area (Å²) in [5.41, 5.74) is 8.75. The molecule has 2 aromatic rings. The Morgan fingerprint density at radius 2 is 1.90 bits per heavy atom. The third-order valence-electron chi connectivity index (χ3n) is 4.44. The van der Waals surface area contributed by atoms with Crippen molar-refractivity contribution in [1.29, 1.82) is 0 Å². The lowest BCUT2D eigenvalue weighted by Crippen LogP contribution is -2.36. The van der Waals surface area contributed by atoms with Gasteiger partial charge < -0.3 is 5.73 Å². The summed E-state index contributed by atoms with van der Waals surface area (Å²) in [6.45, 7) is 7.94. The average molecular weight is 269 g/mol. The number of likely N-dealkylation sites (tertiary alicyclic amines) is 1. The Labute approximate surface area is 120 Å². The number of fused-ring (bicyclic) bond motifs is 1. The molecule has 1 aromatic carbocycles. The Morgan fingerprint density at radius 3 is 2.65 bits per heavy atom. The highest BCUT2D eigenvalue weighted by molar-refractivity contribution is 5.81. The van der Waals surface area contributed by atoms with Crippen LogP contribution in [0.2, 0.25) is 0 Å². The quantitative estimate of drug-likeness (QED) is 0.908. The van der Waals surface area contributed by atoms with Crippen LogP contribution >= 0.6 is 0 Å². The van der Waals surface area contributed by atoms with Crippen LogP contribution in [0.1, 0.15) is 32.3 Å². The molecule has 1 aromatic heterocycles. The number of benzene rings is 1. The van der Waals surface area contributed by atoms with Crippen LogP contribution in [0.25, 0.3) is 10.9 Å². The van der Waals surface area contributed by atoms with Gasteiger partial charge in [0.15, 0.2) is 0 Å². The second-order valence-corrected chi connectivity index (χ2v) is 6.67. The second-order valence-electron chi connectivity index (χ2n) is 6.67. The van der Waals surface area contributed by atoms with E-state index in [2.05, 4.69) is 35.9 Å². The van der Waals surface area contributed by atoms with Crippen molar-refractivity contribution in [3.05, 3.63) is 35.9 Å². The molecule has 0 bridgehead atoms. The summed E-state index contributed by atoms with van der Waals surface area (Å²) in [6, 6.07) is 10.4. The lowest BCUT2D eigenvalue weighted by atomic mass is 9.82. The molecule has 0 spiro atoms. The van der Waals surface area contributed by atoms with Crippen LogP contribution in [-0.2, 0) is 6.54 Å². The van der Waals surface area contributed by atoms with E-state index < -0.39 is 0 Å². The SMILES string of the molecule is CC1(C)CCN(Cc2cc3ccccc3nc2N)CC1. The zero-order valence-electron chi connectivity index (χ0n) is 12.4. The van der Waals surface area contributed by atoms with E-state index in [1.807, 2.05) is 18.2 Å². The van der Waals surface area contributed by atoms with Gasteiger partial charge in [-0.15, -0.1) is 0 Å². The van der Waals surface area contributed by atoms with Gasteiger partial charge in [-0.3, -0.25) is 4.90 Å². The lowest BCUT2D eigenvalue weighted by molar-refractivity contribution is 0.127. The average Bonchev–Trinajstić information content (AvgIpc) is 2.42. The Morgan fingerprint density at radius 1 is 1.20 bits per heavy atom. The molecule has 0 radical (unpaired) electrons. The van der Waals surface area contributed by atoms with E-state index in [9.17, 15) is 0 Å². The van der Waals surface area contributed by atoms with Crippen LogP contribution in [0.3, 0.4) is 0 Å². The molecule has 0 aliphatic carbocycles. The molecule has 1 aliphatic heterocycles. The number of hydrogen-bond donors (Lipinski definition) is 1. The largest absolute Gasteiger partial charge is 0.383 e. The van der Waals surface area contributed by atoms with Crippen LogP contribution < -0.4 is 5.73 Å². The van der Waals surface area contributed by atoms with Crippen LogP contribution in [0, 0.1) is 5.41 Å². The first-order valence-corrected chi connectivity index (χ1v) is 7.40. The minimum Gasteiger partial charge on any atom is -0.383 e. The molecule has 20 heavy (non-hydrogen) atoms. The molecule has 1 fully saturated rings. The van der Waals surface area contributed by atoms with Crippen LogP contribution in [0.4, 0.5) is 5.82 Å². The summed E-state index contributed by atoms with van der Waals surface area (Å²) in [7, 11) is 0. The highest BCUT2D eigenvalue weighted by atomic mass is 15.1. The molecule has 3 heteroatoms. The van der Waals surface area contributed by atoms with E-state index in [4.69, 9.17) is 5.73 Å². The van der Waals surface area contributed by atoms with Crippen molar-refractivity contribution in [3.63, 3.8) is 0 Å². The highest BCUT2D eigenvalue weighted by Crippen LogP contribution is 2.31. The summed E-state index contributed by atoms with van der Waals surface area (Å²) >= 11 is 0. The maximum absolute atomic E-state index is 6.12. The van der Waals surface area contributed by atoms with E-state index in [0.29, 0.717) is 11.2 Å². The Kier molecular flexibility index (Phi) is 3.38. The van der Waals surface area contributed by atoms with E-state index >= 15 is 0 Å². The van der Waals surface area contributed by atoms with Gasteiger partial charge in [0, 0.05) is 17.5 Å². The van der Waals surface area contributed by atoms with Gasteiger partial charge in [0.25, 0.3) is 0 Å². The third-order valence-corrected chi connectivity index (χ3v) is 4.44. The second kappa shape index (κ2) is 5.06. The van der Waals surface area contributed by atoms with Gasteiger partial charge in [0.2, 0.25) is 0 Å². The molecular weight excluding hydrogens is 246 g/mol. The first-order chi connectivity index (χ1) is 9.53. The predicted octanol–water partition coefficient (Wildman–Crippen LogP) is 3.44. The number of nitrogen functional groups attached to an aromatic ring is 1. The van der Waals surface area contributed by atoms with Crippen molar-refractivity contribution < 1.29 is 0 Å². The summed E-state index contributed by atoms with van der Waals surface area (Å²) in [5.74, 6) is 0.675. The third kappa shape index (κ3) is 2.78. The number of aromatic nitrogens is 1. The predicted molar refractivity (Wildman–Crippen MR) is 84.4 cm³/mol. The minimum atomic E-state index is 0.490. The molecule has 2 N–H and O–H groups in total. The lowest BCUT2D eigenvalue weighted by Gasteiger charge is -2.37. The fourth-order valence-corrected chi connectivity index (χ4v) is 2.86. The topological polar surface area (TPSA) is 42.2 Å². The standard InChI is InChI=1S/C17H23N3/c1-17(2)7-9-20(10-8-17)12-14-11-13-5-3-4-6-15(13)19-16(14)18/h3-6,11H,7-10,12H2,1-2H3,(H2,18,19). The van der Waals surface area contributed by atoms with Crippen molar-refractivity contribution in [3.8, 4) is 0 Å². The van der Waals surface area contributed by atoms with E-state index in [-0.39, 0.29) is 0 Å². The van der Waals surface area contributed by atoms with E-state index in [1.165, 1.54) is 18.2 Å². The molecule has 0 atom stereocenters. The number of pyridine rings is 1. The van der Waals surface area contributed by atoms with E-state index in [0.717, 1.165) is 30.7 Å². The van der Waals surface area contributed by atoms with Gasteiger partial charge in [-0.2, -0.15) is 0 Å². The van der Waals surface area contributed by atoms with Crippen molar-refractivity contribution in [1.82, 2.24) is 9.88 Å².